The highest BCUT2D eigenvalue weighted by atomic mass is 16.5. The predicted molar refractivity (Wildman–Crippen MR) is 93.5 cm³/mol. The highest BCUT2D eigenvalue weighted by molar-refractivity contribution is 5.85. The lowest BCUT2D eigenvalue weighted by molar-refractivity contribution is -0.221. The first kappa shape index (κ1) is 17.0. The van der Waals surface area contributed by atoms with E-state index >= 15 is 0 Å². The molecule has 3 rings (SSSR count). The molecule has 24 heavy (non-hydrogen) atoms. The molecule has 130 valence electrons. The molecule has 0 radical (unpaired) electrons. The Morgan fingerprint density at radius 1 is 1.29 bits per heavy atom. The Kier molecular flexibility index (Phi) is 3.97. The van der Waals surface area contributed by atoms with E-state index in [0.29, 0.717) is 29.3 Å². The van der Waals surface area contributed by atoms with E-state index in [1.165, 1.54) is 0 Å². The van der Waals surface area contributed by atoms with Crippen LogP contribution in [0.25, 0.3) is 10.9 Å². The zero-order valence-corrected chi connectivity index (χ0v) is 14.6. The van der Waals surface area contributed by atoms with Gasteiger partial charge in [-0.2, -0.15) is 0 Å². The number of fused-ring (bicyclic) bond motifs is 1. The molecule has 1 saturated heterocycles. The minimum absolute atomic E-state index is 0.00982. The summed E-state index contributed by atoms with van der Waals surface area (Å²) in [5.74, 6) is -0.312. The van der Waals surface area contributed by atoms with Gasteiger partial charge in [0, 0.05) is 11.3 Å². The Hall–Kier alpha value is -1.85. The lowest BCUT2D eigenvalue weighted by Gasteiger charge is -2.49. The zero-order chi connectivity index (χ0) is 17.7. The van der Waals surface area contributed by atoms with Gasteiger partial charge >= 0.3 is 0 Å². The zero-order valence-electron chi connectivity index (χ0n) is 14.6. The number of hydrogen-bond donors (Lipinski definition) is 3. The number of ether oxygens (including phenoxy) is 1. The molecule has 1 aliphatic heterocycles. The fourth-order valence-electron chi connectivity index (χ4n) is 3.74. The summed E-state index contributed by atoms with van der Waals surface area (Å²) >= 11 is 0. The molecule has 0 amide bonds. The van der Waals surface area contributed by atoms with E-state index in [0.717, 1.165) is 0 Å². The minimum Gasteiger partial charge on any atom is -0.507 e. The lowest BCUT2D eigenvalue weighted by Crippen LogP contribution is -2.54. The molecule has 3 unspecified atom stereocenters. The predicted octanol–water partition coefficient (Wildman–Crippen LogP) is 3.05. The van der Waals surface area contributed by atoms with Crippen molar-refractivity contribution in [3.63, 3.8) is 0 Å². The van der Waals surface area contributed by atoms with Gasteiger partial charge in [0.15, 0.2) is 0 Å². The van der Waals surface area contributed by atoms with Crippen molar-refractivity contribution in [3.05, 3.63) is 40.2 Å². The molecule has 2 heterocycles. The van der Waals surface area contributed by atoms with Crippen LogP contribution in [0.3, 0.4) is 0 Å². The van der Waals surface area contributed by atoms with Crippen molar-refractivity contribution in [2.75, 3.05) is 0 Å². The molecule has 3 atom stereocenters. The Bertz CT molecular complexity index is 826. The van der Waals surface area contributed by atoms with Gasteiger partial charge < -0.3 is 19.9 Å². The number of para-hydroxylation sites is 1. The number of benzene rings is 1. The van der Waals surface area contributed by atoms with Crippen LogP contribution in [0.1, 0.15) is 52.0 Å². The van der Waals surface area contributed by atoms with Crippen molar-refractivity contribution in [1.82, 2.24) is 4.98 Å². The smallest absolute Gasteiger partial charge is 0.255 e. The van der Waals surface area contributed by atoms with Gasteiger partial charge in [-0.25, -0.2) is 0 Å². The van der Waals surface area contributed by atoms with Gasteiger partial charge in [-0.05, 0) is 45.7 Å². The number of aromatic hydroxyl groups is 1. The fraction of sp³-hybridized carbons (Fsp3) is 0.526. The van der Waals surface area contributed by atoms with Crippen LogP contribution in [-0.2, 0) is 4.74 Å². The molecule has 5 heteroatoms. The largest absolute Gasteiger partial charge is 0.507 e. The number of aromatic amines is 1. The summed E-state index contributed by atoms with van der Waals surface area (Å²) in [5.41, 5.74) is -0.687. The number of aliphatic hydroxyl groups excluding tert-OH is 1. The Morgan fingerprint density at radius 2 is 1.96 bits per heavy atom. The van der Waals surface area contributed by atoms with E-state index in [2.05, 4.69) is 4.98 Å². The number of aliphatic hydroxyl groups is 1. The highest BCUT2D eigenvalue weighted by Crippen LogP contribution is 2.45. The molecular formula is C19H25NO4. The molecule has 1 aromatic heterocycles. The van der Waals surface area contributed by atoms with E-state index < -0.39 is 17.3 Å². The van der Waals surface area contributed by atoms with Crippen LogP contribution in [0.4, 0.5) is 0 Å². The summed E-state index contributed by atoms with van der Waals surface area (Å²) < 4.78 is 6.20. The topological polar surface area (TPSA) is 82.5 Å². The molecular weight excluding hydrogens is 306 g/mol. The monoisotopic (exact) mass is 331 g/mol. The number of pyridine rings is 1. The molecule has 0 spiro atoms. The maximum absolute atomic E-state index is 12.6. The first-order valence-corrected chi connectivity index (χ1v) is 8.38. The number of hydrogen-bond acceptors (Lipinski definition) is 4. The second-order valence-corrected chi connectivity index (χ2v) is 7.56. The third-order valence-corrected chi connectivity index (χ3v) is 5.49. The number of nitrogens with one attached hydrogen (secondary N) is 1. The third kappa shape index (κ3) is 2.62. The van der Waals surface area contributed by atoms with Crippen LogP contribution in [0.5, 0.6) is 5.75 Å². The minimum atomic E-state index is -0.694. The van der Waals surface area contributed by atoms with Crippen molar-refractivity contribution in [2.24, 2.45) is 0 Å². The summed E-state index contributed by atoms with van der Waals surface area (Å²) in [7, 11) is 0. The van der Waals surface area contributed by atoms with Gasteiger partial charge in [-0.15, -0.1) is 0 Å². The highest BCUT2D eigenvalue weighted by Gasteiger charge is 2.47. The Balaban J connectivity index is 2.09. The number of H-pyrrole nitrogens is 1. The van der Waals surface area contributed by atoms with Gasteiger partial charge in [0.25, 0.3) is 5.56 Å². The average Bonchev–Trinajstić information content (AvgIpc) is 2.51. The maximum atomic E-state index is 12.6. The first-order valence-electron chi connectivity index (χ1n) is 8.38. The molecule has 1 fully saturated rings. The summed E-state index contributed by atoms with van der Waals surface area (Å²) in [6.07, 6.45) is 0.672. The van der Waals surface area contributed by atoms with Crippen molar-refractivity contribution < 1.29 is 14.9 Å². The van der Waals surface area contributed by atoms with Crippen LogP contribution >= 0.6 is 0 Å². The van der Waals surface area contributed by atoms with Gasteiger partial charge in [0.2, 0.25) is 0 Å². The molecule has 0 aliphatic carbocycles. The maximum Gasteiger partial charge on any atom is 0.255 e. The normalized spacial score (nSPS) is 28.0. The van der Waals surface area contributed by atoms with Crippen LogP contribution in [0, 0.1) is 0 Å². The number of rotatable bonds is 2. The quantitative estimate of drug-likeness (QED) is 0.790. The fourth-order valence-corrected chi connectivity index (χ4v) is 3.74. The lowest BCUT2D eigenvalue weighted by atomic mass is 9.76. The molecule has 3 N–H and O–H groups in total. The van der Waals surface area contributed by atoms with Gasteiger partial charge in [0.1, 0.15) is 5.75 Å². The standard InChI is InChI=1S/C19H25NO4/c1-11(19(4)10-9-14(21)18(2,3)24-19)15-16(22)12-7-5-6-8-13(12)20-17(15)23/h5-8,11,14,21H,9-10H2,1-4H3,(H2,20,22,23). The van der Waals surface area contributed by atoms with E-state index in [-0.39, 0.29) is 17.2 Å². The number of aromatic nitrogens is 1. The van der Waals surface area contributed by atoms with Crippen molar-refractivity contribution in [3.8, 4) is 5.75 Å². The van der Waals surface area contributed by atoms with E-state index in [4.69, 9.17) is 4.74 Å². The van der Waals surface area contributed by atoms with Crippen LogP contribution in [-0.4, -0.2) is 32.5 Å². The molecule has 0 bridgehead atoms. The molecule has 2 aromatic rings. The van der Waals surface area contributed by atoms with Gasteiger partial charge in [-0.1, -0.05) is 19.1 Å². The van der Waals surface area contributed by atoms with Gasteiger partial charge in [0.05, 0.1) is 28.4 Å². The summed E-state index contributed by atoms with van der Waals surface area (Å²) in [6, 6.07) is 7.20. The van der Waals surface area contributed by atoms with Crippen LogP contribution < -0.4 is 5.56 Å². The van der Waals surface area contributed by atoms with Crippen LogP contribution in [0.2, 0.25) is 0 Å². The summed E-state index contributed by atoms with van der Waals surface area (Å²) in [6.45, 7) is 7.55. The van der Waals surface area contributed by atoms with Crippen LogP contribution in [0.15, 0.2) is 29.1 Å². The van der Waals surface area contributed by atoms with Crippen molar-refractivity contribution in [1.29, 1.82) is 0 Å². The van der Waals surface area contributed by atoms with Crippen molar-refractivity contribution >= 4 is 10.9 Å². The molecule has 0 saturated carbocycles. The van der Waals surface area contributed by atoms with E-state index in [1.807, 2.05) is 39.8 Å². The Morgan fingerprint density at radius 3 is 2.62 bits per heavy atom. The van der Waals surface area contributed by atoms with Crippen molar-refractivity contribution in [2.45, 2.75) is 63.8 Å². The average molecular weight is 331 g/mol. The third-order valence-electron chi connectivity index (χ3n) is 5.49. The summed E-state index contributed by atoms with van der Waals surface area (Å²) in [4.78, 5) is 15.4. The SMILES string of the molecule is CC(c1c(O)c2ccccc2[nH]c1=O)C1(C)CCC(O)C(C)(C)O1. The molecule has 1 aromatic carbocycles. The first-order chi connectivity index (χ1) is 11.2. The molecule has 5 nitrogen and oxygen atoms in total. The second-order valence-electron chi connectivity index (χ2n) is 7.56. The summed E-state index contributed by atoms with van der Waals surface area (Å²) in [5, 5.41) is 21.5. The van der Waals surface area contributed by atoms with E-state index in [1.54, 1.807) is 12.1 Å². The van der Waals surface area contributed by atoms with Gasteiger partial charge in [-0.3, -0.25) is 4.79 Å². The Labute approximate surface area is 141 Å². The molecule has 1 aliphatic rings. The van der Waals surface area contributed by atoms with E-state index in [9.17, 15) is 15.0 Å². The second kappa shape index (κ2) is 5.60.